The molecule has 4 rings (SSSR count). The number of carbonyl (C=O) groups is 2. The Bertz CT molecular complexity index is 1190. The van der Waals surface area contributed by atoms with Crippen molar-refractivity contribution < 1.29 is 24.2 Å². The van der Waals surface area contributed by atoms with Crippen molar-refractivity contribution in [2.75, 3.05) is 19.7 Å². The van der Waals surface area contributed by atoms with Gasteiger partial charge >= 0.3 is 12.2 Å². The van der Waals surface area contributed by atoms with Gasteiger partial charge in [0.15, 0.2) is 0 Å². The molecule has 2 amide bonds. The number of hydrogen-bond acceptors (Lipinski definition) is 5. The average Bonchev–Trinajstić information content (AvgIpc) is 3.29. The van der Waals surface area contributed by atoms with Gasteiger partial charge in [-0.25, -0.2) is 9.59 Å². The molecule has 2 aromatic carbocycles. The van der Waals surface area contributed by atoms with Crippen molar-refractivity contribution in [1.82, 2.24) is 9.80 Å². The van der Waals surface area contributed by atoms with Crippen molar-refractivity contribution in [3.8, 4) is 11.8 Å². The first-order valence-corrected chi connectivity index (χ1v) is 12.8. The zero-order valence-corrected chi connectivity index (χ0v) is 22.3. The Hall–Kier alpha value is -3.50. The van der Waals surface area contributed by atoms with Crippen LogP contribution in [0.4, 0.5) is 9.59 Å². The third kappa shape index (κ3) is 5.91. The molecular formula is C30H36N2O5. The molecule has 2 heterocycles. The lowest BCUT2D eigenvalue weighted by molar-refractivity contribution is -0.101. The van der Waals surface area contributed by atoms with Crippen LogP contribution in [0.5, 0.6) is 0 Å². The minimum absolute atomic E-state index is 0.193. The normalized spacial score (nSPS) is 21.1. The third-order valence-electron chi connectivity index (χ3n) is 7.10. The second-order valence-corrected chi connectivity index (χ2v) is 11.0. The van der Waals surface area contributed by atoms with E-state index in [1.165, 1.54) is 0 Å². The number of hydrogen-bond donors (Lipinski definition) is 1. The Balaban J connectivity index is 1.47. The van der Waals surface area contributed by atoms with Crippen LogP contribution in [-0.2, 0) is 15.1 Å². The number of rotatable bonds is 6. The quantitative estimate of drug-likeness (QED) is 0.545. The lowest BCUT2D eigenvalue weighted by Crippen LogP contribution is -2.51. The maximum Gasteiger partial charge on any atom is 0.411 e. The van der Waals surface area contributed by atoms with Crippen LogP contribution in [0.15, 0.2) is 54.6 Å². The molecule has 196 valence electrons. The smallest absolute Gasteiger partial charge is 0.411 e. The van der Waals surface area contributed by atoms with E-state index in [4.69, 9.17) is 9.47 Å². The summed E-state index contributed by atoms with van der Waals surface area (Å²) in [6.45, 7) is 10.7. The molecule has 2 unspecified atom stereocenters. The molecule has 0 aliphatic carbocycles. The minimum atomic E-state index is -0.996. The van der Waals surface area contributed by atoms with Crippen molar-refractivity contribution in [2.24, 2.45) is 0 Å². The highest BCUT2D eigenvalue weighted by molar-refractivity contribution is 5.71. The summed E-state index contributed by atoms with van der Waals surface area (Å²) in [6, 6.07) is 17.3. The van der Waals surface area contributed by atoms with Crippen LogP contribution >= 0.6 is 0 Å². The monoisotopic (exact) mass is 504 g/mol. The largest absolute Gasteiger partial charge is 0.447 e. The summed E-state index contributed by atoms with van der Waals surface area (Å²) in [5, 5.41) is 10.6. The van der Waals surface area contributed by atoms with Gasteiger partial charge in [0.05, 0.1) is 18.2 Å². The molecule has 0 radical (unpaired) electrons. The Morgan fingerprint density at radius 3 is 2.24 bits per heavy atom. The summed E-state index contributed by atoms with van der Waals surface area (Å²) < 4.78 is 11.1. The number of amides is 2. The van der Waals surface area contributed by atoms with E-state index in [-0.39, 0.29) is 12.1 Å². The van der Waals surface area contributed by atoms with Gasteiger partial charge in [0.1, 0.15) is 17.7 Å². The van der Waals surface area contributed by atoms with E-state index in [1.807, 2.05) is 75.4 Å². The van der Waals surface area contributed by atoms with Crippen LogP contribution in [0.3, 0.4) is 0 Å². The summed E-state index contributed by atoms with van der Waals surface area (Å²) >= 11 is 0. The second-order valence-electron chi connectivity index (χ2n) is 11.0. The summed E-state index contributed by atoms with van der Waals surface area (Å²) in [5.74, 6) is 6.34. The van der Waals surface area contributed by atoms with Crippen molar-refractivity contribution in [2.45, 2.75) is 70.2 Å². The van der Waals surface area contributed by atoms with Crippen molar-refractivity contribution in [3.05, 3.63) is 71.3 Å². The first-order valence-electron chi connectivity index (χ1n) is 12.8. The molecule has 1 N–H and O–H groups in total. The Kier molecular flexibility index (Phi) is 7.25. The summed E-state index contributed by atoms with van der Waals surface area (Å²) in [6.07, 6.45) is 0.164. The number of carbonyl (C=O) groups excluding carboxylic acids is 2. The lowest BCUT2D eigenvalue weighted by Gasteiger charge is -2.45. The number of ether oxygens (including phenoxy) is 2. The fourth-order valence-corrected chi connectivity index (χ4v) is 5.11. The fourth-order valence-electron chi connectivity index (χ4n) is 5.11. The standard InChI is InChI=1S/C30H36N2O5/c1-22(24-13-11-23(12-14-24)15-16-28(2,3)32-19-20-36-27(32)34)31-18-17-30(37-26(31)33,21-29(4,5)35)25-9-7-6-8-10-25/h6-14,22,35H,17-21H2,1-5H3. The van der Waals surface area contributed by atoms with Gasteiger partial charge in [-0.3, -0.25) is 4.90 Å². The highest BCUT2D eigenvalue weighted by Crippen LogP contribution is 2.42. The highest BCUT2D eigenvalue weighted by atomic mass is 16.6. The second kappa shape index (κ2) is 10.1. The minimum Gasteiger partial charge on any atom is -0.447 e. The van der Waals surface area contributed by atoms with Gasteiger partial charge in [0, 0.05) is 24.9 Å². The van der Waals surface area contributed by atoms with Gasteiger partial charge in [-0.1, -0.05) is 54.3 Å². The van der Waals surface area contributed by atoms with Gasteiger partial charge in [0.25, 0.3) is 0 Å². The average molecular weight is 505 g/mol. The molecule has 0 saturated carbocycles. The molecule has 0 spiro atoms. The maximum absolute atomic E-state index is 13.3. The van der Waals surface area contributed by atoms with E-state index in [2.05, 4.69) is 11.8 Å². The van der Waals surface area contributed by atoms with Crippen LogP contribution in [0, 0.1) is 11.8 Å². The zero-order valence-electron chi connectivity index (χ0n) is 22.3. The zero-order chi connectivity index (χ0) is 26.8. The molecule has 7 nitrogen and oxygen atoms in total. The predicted octanol–water partition coefficient (Wildman–Crippen LogP) is 5.23. The molecular weight excluding hydrogens is 468 g/mol. The Labute approximate surface area is 219 Å². The predicted molar refractivity (Wildman–Crippen MR) is 141 cm³/mol. The number of aliphatic hydroxyl groups is 1. The fraction of sp³-hybridized carbons (Fsp3) is 0.467. The number of benzene rings is 2. The highest BCUT2D eigenvalue weighted by Gasteiger charge is 2.46. The van der Waals surface area contributed by atoms with Crippen LogP contribution < -0.4 is 0 Å². The van der Waals surface area contributed by atoms with Crippen LogP contribution in [0.2, 0.25) is 0 Å². The number of nitrogens with zero attached hydrogens (tertiary/aromatic N) is 2. The van der Waals surface area contributed by atoms with Gasteiger partial charge < -0.3 is 19.5 Å². The first kappa shape index (κ1) is 26.6. The summed E-state index contributed by atoms with van der Waals surface area (Å²) in [4.78, 5) is 28.5. The van der Waals surface area contributed by atoms with Crippen molar-refractivity contribution in [1.29, 1.82) is 0 Å². The molecule has 2 saturated heterocycles. The Morgan fingerprint density at radius 2 is 1.68 bits per heavy atom. The van der Waals surface area contributed by atoms with Gasteiger partial charge in [-0.15, -0.1) is 0 Å². The van der Waals surface area contributed by atoms with Gasteiger partial charge in [0.2, 0.25) is 0 Å². The summed E-state index contributed by atoms with van der Waals surface area (Å²) in [7, 11) is 0. The molecule has 2 atom stereocenters. The molecule has 2 aliphatic rings. The Morgan fingerprint density at radius 1 is 1.00 bits per heavy atom. The molecule has 2 aromatic rings. The third-order valence-corrected chi connectivity index (χ3v) is 7.10. The van der Waals surface area contributed by atoms with Crippen LogP contribution in [-0.4, -0.2) is 57.9 Å². The van der Waals surface area contributed by atoms with Crippen molar-refractivity contribution >= 4 is 12.2 Å². The summed E-state index contributed by atoms with van der Waals surface area (Å²) in [5.41, 5.74) is 0.188. The SMILES string of the molecule is CC(c1ccc(C#CC(C)(C)N2CCOC2=O)cc1)N1CCC(CC(C)(C)O)(c2ccccc2)OC1=O. The van der Waals surface area contributed by atoms with Gasteiger partial charge in [-0.05, 0) is 57.9 Å². The molecule has 2 fully saturated rings. The molecule has 7 heteroatoms. The topological polar surface area (TPSA) is 79.3 Å². The molecule has 0 aromatic heterocycles. The van der Waals surface area contributed by atoms with E-state index in [0.29, 0.717) is 32.5 Å². The van der Waals surface area contributed by atoms with E-state index < -0.39 is 22.8 Å². The number of cyclic esters (lactones) is 2. The van der Waals surface area contributed by atoms with Crippen LogP contribution in [0.25, 0.3) is 0 Å². The van der Waals surface area contributed by atoms with E-state index in [1.54, 1.807) is 23.6 Å². The molecule has 0 bridgehead atoms. The van der Waals surface area contributed by atoms with Crippen molar-refractivity contribution in [3.63, 3.8) is 0 Å². The van der Waals surface area contributed by atoms with E-state index in [0.717, 1.165) is 16.7 Å². The lowest BCUT2D eigenvalue weighted by atomic mass is 9.80. The van der Waals surface area contributed by atoms with E-state index in [9.17, 15) is 14.7 Å². The maximum atomic E-state index is 13.3. The molecule has 2 aliphatic heterocycles. The van der Waals surface area contributed by atoms with Crippen LogP contribution in [0.1, 0.15) is 70.2 Å². The first-order chi connectivity index (χ1) is 17.4. The molecule has 37 heavy (non-hydrogen) atoms. The van der Waals surface area contributed by atoms with Gasteiger partial charge in [-0.2, -0.15) is 0 Å². The van der Waals surface area contributed by atoms with E-state index >= 15 is 0 Å².